The number of carboxylic acid groups (broad SMARTS) is 1. The molecule has 0 aromatic rings. The van der Waals surface area contributed by atoms with E-state index in [2.05, 4.69) is 4.72 Å². The van der Waals surface area contributed by atoms with Crippen LogP contribution in [0, 0.1) is 5.41 Å². The van der Waals surface area contributed by atoms with E-state index in [1.54, 1.807) is 0 Å². The smallest absolute Gasteiger partial charge is 0.310 e. The van der Waals surface area contributed by atoms with E-state index in [0.29, 0.717) is 25.9 Å². The Morgan fingerprint density at radius 2 is 1.89 bits per heavy atom. The molecule has 2 N–H and O–H groups in total. The van der Waals surface area contributed by atoms with Gasteiger partial charge in [0.05, 0.1) is 17.6 Å². The van der Waals surface area contributed by atoms with E-state index >= 15 is 0 Å². The first-order valence-electron chi connectivity index (χ1n) is 6.39. The van der Waals surface area contributed by atoms with Gasteiger partial charge in [-0.1, -0.05) is 0 Å². The maximum atomic E-state index is 12.1. The van der Waals surface area contributed by atoms with Crippen molar-refractivity contribution in [2.45, 2.75) is 38.9 Å². The SMILES string of the molecule is CC1CN(S(=O)(=O)NCC2(C(=O)O)CC2)CC(C)O1. The van der Waals surface area contributed by atoms with Crippen LogP contribution in [-0.4, -0.2) is 55.6 Å². The topological polar surface area (TPSA) is 95.9 Å². The number of ether oxygens (including phenoxy) is 1. The lowest BCUT2D eigenvalue weighted by Crippen LogP contribution is -2.52. The van der Waals surface area contributed by atoms with Crippen molar-refractivity contribution in [2.75, 3.05) is 19.6 Å². The van der Waals surface area contributed by atoms with Crippen LogP contribution >= 0.6 is 0 Å². The van der Waals surface area contributed by atoms with Crippen LogP contribution in [0.4, 0.5) is 0 Å². The van der Waals surface area contributed by atoms with Gasteiger partial charge in [-0.05, 0) is 26.7 Å². The van der Waals surface area contributed by atoms with Gasteiger partial charge in [-0.25, -0.2) is 4.72 Å². The molecule has 0 bridgehead atoms. The molecular weight excluding hydrogens is 272 g/mol. The van der Waals surface area contributed by atoms with Crippen LogP contribution in [0.2, 0.25) is 0 Å². The first-order valence-corrected chi connectivity index (χ1v) is 7.83. The number of hydrogen-bond acceptors (Lipinski definition) is 4. The molecule has 1 saturated carbocycles. The van der Waals surface area contributed by atoms with Crippen LogP contribution in [0.1, 0.15) is 26.7 Å². The van der Waals surface area contributed by atoms with E-state index in [1.165, 1.54) is 4.31 Å². The molecular formula is C11H20N2O5S. The fourth-order valence-corrected chi connectivity index (χ4v) is 3.72. The number of nitrogens with one attached hydrogen (secondary N) is 1. The predicted molar refractivity (Wildman–Crippen MR) is 67.8 cm³/mol. The number of hydrogen-bond donors (Lipinski definition) is 2. The molecule has 2 fully saturated rings. The molecule has 2 unspecified atom stereocenters. The van der Waals surface area contributed by atoms with Gasteiger partial charge in [0.25, 0.3) is 10.2 Å². The number of aliphatic carboxylic acids is 1. The van der Waals surface area contributed by atoms with Crippen molar-refractivity contribution in [3.8, 4) is 0 Å². The molecule has 7 nitrogen and oxygen atoms in total. The van der Waals surface area contributed by atoms with E-state index in [1.807, 2.05) is 13.8 Å². The van der Waals surface area contributed by atoms with Gasteiger partial charge in [-0.2, -0.15) is 12.7 Å². The molecule has 0 aromatic heterocycles. The minimum atomic E-state index is -3.64. The normalized spacial score (nSPS) is 31.1. The van der Waals surface area contributed by atoms with Gasteiger partial charge >= 0.3 is 5.97 Å². The van der Waals surface area contributed by atoms with Crippen molar-refractivity contribution in [3.05, 3.63) is 0 Å². The third-order valence-electron chi connectivity index (χ3n) is 3.63. The van der Waals surface area contributed by atoms with Gasteiger partial charge in [0.15, 0.2) is 0 Å². The van der Waals surface area contributed by atoms with Crippen LogP contribution in [0.5, 0.6) is 0 Å². The number of carboxylic acids is 1. The molecule has 19 heavy (non-hydrogen) atoms. The highest BCUT2D eigenvalue weighted by Crippen LogP contribution is 2.45. The molecule has 110 valence electrons. The molecule has 0 spiro atoms. The Balaban J connectivity index is 1.97. The largest absolute Gasteiger partial charge is 0.481 e. The molecule has 1 saturated heterocycles. The highest BCUT2D eigenvalue weighted by Gasteiger charge is 2.51. The highest BCUT2D eigenvalue weighted by molar-refractivity contribution is 7.87. The molecule has 2 aliphatic rings. The summed E-state index contributed by atoms with van der Waals surface area (Å²) in [6.07, 6.45) is 0.742. The Labute approximate surface area is 113 Å². The summed E-state index contributed by atoms with van der Waals surface area (Å²) in [6.45, 7) is 4.18. The van der Waals surface area contributed by atoms with Crippen LogP contribution < -0.4 is 4.72 Å². The fourth-order valence-electron chi connectivity index (χ4n) is 2.26. The Hall–Kier alpha value is -0.700. The van der Waals surface area contributed by atoms with Gasteiger partial charge in [0.1, 0.15) is 0 Å². The maximum Gasteiger partial charge on any atom is 0.310 e. The van der Waals surface area contributed by atoms with E-state index in [-0.39, 0.29) is 18.8 Å². The summed E-state index contributed by atoms with van der Waals surface area (Å²) < 4.78 is 33.5. The zero-order chi connectivity index (χ0) is 14.3. The number of nitrogens with zero attached hydrogens (tertiary/aromatic N) is 1. The molecule has 1 aliphatic carbocycles. The second-order valence-corrected chi connectivity index (χ2v) is 7.24. The summed E-state index contributed by atoms with van der Waals surface area (Å²) in [7, 11) is -3.64. The van der Waals surface area contributed by atoms with E-state index in [9.17, 15) is 13.2 Å². The van der Waals surface area contributed by atoms with Crippen LogP contribution in [0.15, 0.2) is 0 Å². The average molecular weight is 292 g/mol. The Bertz CT molecular complexity index is 450. The predicted octanol–water partition coefficient (Wildman–Crippen LogP) is -0.205. The van der Waals surface area contributed by atoms with Gasteiger partial charge in [-0.3, -0.25) is 4.79 Å². The van der Waals surface area contributed by atoms with E-state index in [4.69, 9.17) is 9.84 Å². The van der Waals surface area contributed by atoms with Crippen LogP contribution in [0.3, 0.4) is 0 Å². The molecule has 1 aliphatic heterocycles. The fraction of sp³-hybridized carbons (Fsp3) is 0.909. The Kier molecular flexibility index (Phi) is 3.87. The third kappa shape index (κ3) is 3.25. The summed E-state index contributed by atoms with van der Waals surface area (Å²) in [4.78, 5) is 11.0. The van der Waals surface area contributed by atoms with E-state index in [0.717, 1.165) is 0 Å². The Morgan fingerprint density at radius 1 is 1.37 bits per heavy atom. The Morgan fingerprint density at radius 3 is 2.32 bits per heavy atom. The molecule has 2 rings (SSSR count). The summed E-state index contributed by atoms with van der Waals surface area (Å²) >= 11 is 0. The highest BCUT2D eigenvalue weighted by atomic mass is 32.2. The zero-order valence-electron chi connectivity index (χ0n) is 11.1. The van der Waals surface area contributed by atoms with E-state index < -0.39 is 21.6 Å². The molecule has 0 aromatic carbocycles. The van der Waals surface area contributed by atoms with Crippen molar-refractivity contribution >= 4 is 16.2 Å². The second kappa shape index (κ2) is 5.01. The number of carbonyl (C=O) groups is 1. The number of rotatable bonds is 5. The summed E-state index contributed by atoms with van der Waals surface area (Å²) in [6, 6.07) is 0. The van der Waals surface area contributed by atoms with Crippen LogP contribution in [-0.2, 0) is 19.7 Å². The average Bonchev–Trinajstić information content (AvgIpc) is 3.06. The van der Waals surface area contributed by atoms with Crippen molar-refractivity contribution < 1.29 is 23.1 Å². The maximum absolute atomic E-state index is 12.1. The summed E-state index contributed by atoms with van der Waals surface area (Å²) in [5.41, 5.74) is -0.892. The summed E-state index contributed by atoms with van der Waals surface area (Å²) in [5.74, 6) is -0.932. The van der Waals surface area contributed by atoms with Gasteiger partial charge in [0, 0.05) is 19.6 Å². The minimum Gasteiger partial charge on any atom is -0.481 e. The van der Waals surface area contributed by atoms with Crippen molar-refractivity contribution in [1.82, 2.24) is 9.03 Å². The molecule has 0 radical (unpaired) electrons. The quantitative estimate of drug-likeness (QED) is 0.731. The minimum absolute atomic E-state index is 0.0369. The molecule has 8 heteroatoms. The van der Waals surface area contributed by atoms with Gasteiger partial charge in [-0.15, -0.1) is 0 Å². The first-order chi connectivity index (χ1) is 8.75. The summed E-state index contributed by atoms with van der Waals surface area (Å²) in [5, 5.41) is 9.03. The number of morpholine rings is 1. The molecule has 2 atom stereocenters. The lowest BCUT2D eigenvalue weighted by atomic mass is 10.1. The first kappa shape index (κ1) is 14.7. The van der Waals surface area contributed by atoms with Gasteiger partial charge < -0.3 is 9.84 Å². The van der Waals surface area contributed by atoms with Gasteiger partial charge in [0.2, 0.25) is 0 Å². The second-order valence-electron chi connectivity index (χ2n) is 5.49. The lowest BCUT2D eigenvalue weighted by Gasteiger charge is -2.34. The molecule has 0 amide bonds. The van der Waals surface area contributed by atoms with Crippen molar-refractivity contribution in [3.63, 3.8) is 0 Å². The van der Waals surface area contributed by atoms with Crippen molar-refractivity contribution in [2.24, 2.45) is 5.41 Å². The monoisotopic (exact) mass is 292 g/mol. The molecule has 1 heterocycles. The third-order valence-corrected chi connectivity index (χ3v) is 5.11. The van der Waals surface area contributed by atoms with Crippen LogP contribution in [0.25, 0.3) is 0 Å². The zero-order valence-corrected chi connectivity index (χ0v) is 11.9. The standard InChI is InChI=1S/C11H20N2O5S/c1-8-5-13(6-9(2)18-8)19(16,17)12-7-11(3-4-11)10(14)15/h8-9,12H,3-7H2,1-2H3,(H,14,15). The lowest BCUT2D eigenvalue weighted by molar-refractivity contribution is -0.143. The van der Waals surface area contributed by atoms with Crippen molar-refractivity contribution in [1.29, 1.82) is 0 Å².